The van der Waals surface area contributed by atoms with Crippen LogP contribution in [0.4, 0.5) is 0 Å². The van der Waals surface area contributed by atoms with Gasteiger partial charge in [0.25, 0.3) is 0 Å². The molecule has 2 atom stereocenters. The molecule has 0 fully saturated rings. The van der Waals surface area contributed by atoms with Gasteiger partial charge in [0.2, 0.25) is 0 Å². The molecule has 0 saturated heterocycles. The Balaban J connectivity index is 2.40. The molecule has 1 N–H and O–H groups in total. The lowest BCUT2D eigenvalue weighted by atomic mass is 10.3. The molecule has 84 valence electrons. The standard InChI is InChI=1S/C10H16N2O2S/c1-4-7(2)14-9(13)8(3)15-10-11-5-6-12-10/h5-8H,4H2,1-3H3,(H,11,12). The maximum absolute atomic E-state index is 11.6. The summed E-state index contributed by atoms with van der Waals surface area (Å²) in [4.78, 5) is 18.5. The maximum Gasteiger partial charge on any atom is 0.319 e. The van der Waals surface area contributed by atoms with Crippen LogP contribution < -0.4 is 0 Å². The summed E-state index contributed by atoms with van der Waals surface area (Å²) in [5.74, 6) is -0.189. The molecule has 0 aliphatic heterocycles. The highest BCUT2D eigenvalue weighted by Crippen LogP contribution is 2.20. The predicted octanol–water partition coefficient (Wildman–Crippen LogP) is 2.23. The first kappa shape index (κ1) is 12.1. The number of aromatic nitrogens is 2. The van der Waals surface area contributed by atoms with Gasteiger partial charge in [-0.1, -0.05) is 18.7 Å². The van der Waals surface area contributed by atoms with Crippen molar-refractivity contribution >= 4 is 17.7 Å². The lowest BCUT2D eigenvalue weighted by Crippen LogP contribution is -2.22. The van der Waals surface area contributed by atoms with Gasteiger partial charge >= 0.3 is 5.97 Å². The van der Waals surface area contributed by atoms with Crippen LogP contribution in [0.1, 0.15) is 27.2 Å². The van der Waals surface area contributed by atoms with Crippen molar-refractivity contribution in [3.8, 4) is 0 Å². The molecule has 1 rings (SSSR count). The summed E-state index contributed by atoms with van der Waals surface area (Å²) in [5, 5.41) is 0.508. The van der Waals surface area contributed by atoms with Crippen molar-refractivity contribution in [2.24, 2.45) is 0 Å². The molecule has 0 aliphatic rings. The summed E-state index contributed by atoms with van der Waals surface area (Å²) in [6.07, 6.45) is 4.21. The van der Waals surface area contributed by atoms with E-state index in [-0.39, 0.29) is 17.3 Å². The largest absolute Gasteiger partial charge is 0.462 e. The van der Waals surface area contributed by atoms with Gasteiger partial charge in [-0.3, -0.25) is 4.79 Å². The molecule has 0 spiro atoms. The van der Waals surface area contributed by atoms with Crippen LogP contribution in [0.15, 0.2) is 17.6 Å². The number of thioether (sulfide) groups is 1. The van der Waals surface area contributed by atoms with Crippen LogP contribution >= 0.6 is 11.8 Å². The molecule has 4 nitrogen and oxygen atoms in total. The molecule has 0 radical (unpaired) electrons. The van der Waals surface area contributed by atoms with E-state index in [0.29, 0.717) is 0 Å². The number of hydrogen-bond acceptors (Lipinski definition) is 4. The zero-order chi connectivity index (χ0) is 11.3. The number of carbonyl (C=O) groups is 1. The molecular weight excluding hydrogens is 212 g/mol. The molecule has 1 heterocycles. The van der Waals surface area contributed by atoms with Gasteiger partial charge in [-0.15, -0.1) is 0 Å². The average molecular weight is 228 g/mol. The zero-order valence-corrected chi connectivity index (χ0v) is 10.0. The first-order valence-corrected chi connectivity index (χ1v) is 5.88. The summed E-state index contributed by atoms with van der Waals surface area (Å²) in [5.41, 5.74) is 0. The number of ether oxygens (including phenoxy) is 1. The molecule has 15 heavy (non-hydrogen) atoms. The second-order valence-electron chi connectivity index (χ2n) is 3.31. The SMILES string of the molecule is CCC(C)OC(=O)C(C)Sc1ncc[nH]1. The number of esters is 1. The number of nitrogens with one attached hydrogen (secondary N) is 1. The van der Waals surface area contributed by atoms with Crippen molar-refractivity contribution in [1.29, 1.82) is 0 Å². The van der Waals surface area contributed by atoms with E-state index in [4.69, 9.17) is 4.74 Å². The molecule has 0 bridgehead atoms. The summed E-state index contributed by atoms with van der Waals surface area (Å²) >= 11 is 1.37. The van der Waals surface area contributed by atoms with Crippen LogP contribution in [0.5, 0.6) is 0 Å². The van der Waals surface area contributed by atoms with Crippen LogP contribution in [-0.2, 0) is 9.53 Å². The minimum absolute atomic E-state index is 0.0165. The molecule has 1 aromatic heterocycles. The number of aromatic amines is 1. The molecule has 0 amide bonds. The van der Waals surface area contributed by atoms with Crippen molar-refractivity contribution in [1.82, 2.24) is 9.97 Å². The molecule has 5 heteroatoms. The van der Waals surface area contributed by atoms with Gasteiger partial charge in [-0.25, -0.2) is 4.98 Å². The van der Waals surface area contributed by atoms with E-state index in [2.05, 4.69) is 9.97 Å². The minimum atomic E-state index is -0.231. The van der Waals surface area contributed by atoms with Crippen LogP contribution in [0.25, 0.3) is 0 Å². The molecular formula is C10H16N2O2S. The normalized spacial score (nSPS) is 14.6. The van der Waals surface area contributed by atoms with Crippen LogP contribution in [0.3, 0.4) is 0 Å². The van der Waals surface area contributed by atoms with E-state index < -0.39 is 0 Å². The Hall–Kier alpha value is -0.970. The maximum atomic E-state index is 11.6. The van der Waals surface area contributed by atoms with Gasteiger partial charge in [0.15, 0.2) is 5.16 Å². The predicted molar refractivity (Wildman–Crippen MR) is 59.8 cm³/mol. The van der Waals surface area contributed by atoms with E-state index in [1.165, 1.54) is 11.8 Å². The van der Waals surface area contributed by atoms with Crippen molar-refractivity contribution in [3.63, 3.8) is 0 Å². The molecule has 0 aliphatic carbocycles. The fourth-order valence-electron chi connectivity index (χ4n) is 0.908. The molecule has 0 saturated carbocycles. The van der Waals surface area contributed by atoms with Gasteiger partial charge in [-0.2, -0.15) is 0 Å². The number of H-pyrrole nitrogens is 1. The topological polar surface area (TPSA) is 55.0 Å². The van der Waals surface area contributed by atoms with Gasteiger partial charge in [0.05, 0.1) is 6.10 Å². The van der Waals surface area contributed by atoms with Gasteiger partial charge in [0.1, 0.15) is 5.25 Å². The van der Waals surface area contributed by atoms with E-state index in [9.17, 15) is 4.79 Å². The van der Waals surface area contributed by atoms with Crippen molar-refractivity contribution < 1.29 is 9.53 Å². The van der Waals surface area contributed by atoms with Crippen molar-refractivity contribution in [3.05, 3.63) is 12.4 Å². The second-order valence-corrected chi connectivity index (χ2v) is 4.64. The summed E-state index contributed by atoms with van der Waals surface area (Å²) in [6, 6.07) is 0. The Labute approximate surface area is 93.8 Å². The van der Waals surface area contributed by atoms with Gasteiger partial charge < -0.3 is 9.72 Å². The quantitative estimate of drug-likeness (QED) is 0.620. The van der Waals surface area contributed by atoms with E-state index in [0.717, 1.165) is 11.6 Å². The Bertz CT molecular complexity index is 300. The monoisotopic (exact) mass is 228 g/mol. The fourth-order valence-corrected chi connectivity index (χ4v) is 1.65. The summed E-state index contributed by atoms with van der Waals surface area (Å²) < 4.78 is 5.21. The Morgan fingerprint density at radius 2 is 2.40 bits per heavy atom. The van der Waals surface area contributed by atoms with E-state index >= 15 is 0 Å². The Kier molecular flexibility index (Phi) is 4.68. The molecule has 2 unspecified atom stereocenters. The third-order valence-electron chi connectivity index (χ3n) is 1.99. The third-order valence-corrected chi connectivity index (χ3v) is 2.98. The zero-order valence-electron chi connectivity index (χ0n) is 9.19. The molecule has 1 aromatic rings. The highest BCUT2D eigenvalue weighted by Gasteiger charge is 2.18. The van der Waals surface area contributed by atoms with Crippen molar-refractivity contribution in [2.45, 2.75) is 43.7 Å². The van der Waals surface area contributed by atoms with Crippen molar-refractivity contribution in [2.75, 3.05) is 0 Å². The number of carbonyl (C=O) groups excluding carboxylic acids is 1. The average Bonchev–Trinajstić information content (AvgIpc) is 2.70. The first-order valence-electron chi connectivity index (χ1n) is 5.00. The number of nitrogens with zero attached hydrogens (tertiary/aromatic N) is 1. The Morgan fingerprint density at radius 1 is 1.67 bits per heavy atom. The first-order chi connectivity index (χ1) is 7.13. The number of imidazole rings is 1. The van der Waals surface area contributed by atoms with Gasteiger partial charge in [-0.05, 0) is 20.3 Å². The summed E-state index contributed by atoms with van der Waals surface area (Å²) in [7, 11) is 0. The fraction of sp³-hybridized carbons (Fsp3) is 0.600. The van der Waals surface area contributed by atoms with Crippen LogP contribution in [0, 0.1) is 0 Å². The number of rotatable bonds is 5. The lowest BCUT2D eigenvalue weighted by molar-refractivity contribution is -0.147. The van der Waals surface area contributed by atoms with Gasteiger partial charge in [0, 0.05) is 12.4 Å². The van der Waals surface area contributed by atoms with E-state index in [1.54, 1.807) is 12.4 Å². The second kappa shape index (κ2) is 5.80. The third kappa shape index (κ3) is 3.95. The summed E-state index contributed by atoms with van der Waals surface area (Å²) in [6.45, 7) is 5.70. The smallest absolute Gasteiger partial charge is 0.319 e. The highest BCUT2D eigenvalue weighted by molar-refractivity contribution is 8.00. The Morgan fingerprint density at radius 3 is 2.93 bits per heavy atom. The van der Waals surface area contributed by atoms with Crippen LogP contribution in [-0.4, -0.2) is 27.3 Å². The van der Waals surface area contributed by atoms with Crippen LogP contribution in [0.2, 0.25) is 0 Å². The lowest BCUT2D eigenvalue weighted by Gasteiger charge is -2.14. The highest BCUT2D eigenvalue weighted by atomic mass is 32.2. The minimum Gasteiger partial charge on any atom is -0.462 e. The molecule has 0 aromatic carbocycles. The number of hydrogen-bond donors (Lipinski definition) is 1. The van der Waals surface area contributed by atoms with E-state index in [1.807, 2.05) is 20.8 Å².